The minimum absolute atomic E-state index is 0.00250. The molecule has 0 bridgehead atoms. The monoisotopic (exact) mass is 597 g/mol. The molecule has 2 N–H and O–H groups in total. The van der Waals surface area contributed by atoms with Crippen LogP contribution >= 0.6 is 0 Å². The molecule has 0 saturated carbocycles. The van der Waals surface area contributed by atoms with Gasteiger partial charge in [0.25, 0.3) is 0 Å². The molecule has 0 saturated heterocycles. The van der Waals surface area contributed by atoms with E-state index in [2.05, 4.69) is 0 Å². The van der Waals surface area contributed by atoms with E-state index in [9.17, 15) is 19.2 Å². The highest BCUT2D eigenvalue weighted by Crippen LogP contribution is 2.30. The van der Waals surface area contributed by atoms with Crippen molar-refractivity contribution in [1.29, 1.82) is 0 Å². The summed E-state index contributed by atoms with van der Waals surface area (Å²) in [5, 5.41) is 0. The second kappa shape index (κ2) is 19.6. The predicted octanol–water partition coefficient (Wildman–Crippen LogP) is 5.95. The maximum absolute atomic E-state index is 12.5. The van der Waals surface area contributed by atoms with Crippen LogP contribution in [0.1, 0.15) is 79.7 Å². The number of carbonyl (C=O) groups excluding carboxylic acids is 4. The van der Waals surface area contributed by atoms with Crippen molar-refractivity contribution >= 4 is 24.4 Å². The summed E-state index contributed by atoms with van der Waals surface area (Å²) in [5.74, 6) is -0.265. The Morgan fingerprint density at radius 2 is 1.26 bits per heavy atom. The summed E-state index contributed by atoms with van der Waals surface area (Å²) < 4.78 is 36.1. The topological polar surface area (TPSA) is 159 Å². The van der Waals surface area contributed by atoms with E-state index in [1.807, 2.05) is 34.6 Å². The van der Waals surface area contributed by atoms with Crippen LogP contribution in [-0.4, -0.2) is 62.5 Å². The number of ether oxygens (including phenoxy) is 7. The van der Waals surface area contributed by atoms with Gasteiger partial charge < -0.3 is 38.9 Å². The number of hydrogen-bond donors (Lipinski definition) is 1. The van der Waals surface area contributed by atoms with E-state index in [0.29, 0.717) is 36.7 Å². The normalized spacial score (nSPS) is 13.1. The van der Waals surface area contributed by atoms with Crippen LogP contribution in [0.2, 0.25) is 0 Å². The van der Waals surface area contributed by atoms with Gasteiger partial charge in [0.1, 0.15) is 24.9 Å². The highest BCUT2D eigenvalue weighted by atomic mass is 16.7. The van der Waals surface area contributed by atoms with Crippen LogP contribution in [0.15, 0.2) is 18.2 Å². The minimum Gasteiger partial charge on any atom is -0.461 e. The Balaban J connectivity index is 2.81. The number of carbonyl (C=O) groups is 4. The van der Waals surface area contributed by atoms with Crippen LogP contribution in [0.3, 0.4) is 0 Å². The molecule has 0 aliphatic heterocycles. The zero-order valence-electron chi connectivity index (χ0n) is 25.8. The second-order valence-electron chi connectivity index (χ2n) is 10.9. The molecule has 1 unspecified atom stereocenters. The predicted molar refractivity (Wildman–Crippen MR) is 153 cm³/mol. The molecule has 0 aliphatic rings. The Hall–Kier alpha value is -3.54. The first kappa shape index (κ1) is 36.5. The highest BCUT2D eigenvalue weighted by Gasteiger charge is 2.22. The lowest BCUT2D eigenvalue weighted by molar-refractivity contribution is -0.148. The molecule has 0 heterocycles. The molecule has 0 amide bonds. The molecule has 1 rings (SSSR count). The van der Waals surface area contributed by atoms with E-state index < -0.39 is 36.6 Å². The van der Waals surface area contributed by atoms with Crippen molar-refractivity contribution in [2.45, 2.75) is 98.8 Å². The van der Waals surface area contributed by atoms with Crippen LogP contribution in [0.25, 0.3) is 0 Å². The van der Waals surface area contributed by atoms with Gasteiger partial charge >= 0.3 is 24.4 Å². The summed E-state index contributed by atoms with van der Waals surface area (Å²) in [6.45, 7) is 13.4. The van der Waals surface area contributed by atoms with Crippen LogP contribution in [0.5, 0.6) is 11.5 Å². The fourth-order valence-corrected chi connectivity index (χ4v) is 3.34. The molecule has 0 aliphatic carbocycles. The fourth-order valence-electron chi connectivity index (χ4n) is 3.34. The van der Waals surface area contributed by atoms with Crippen molar-refractivity contribution < 1.29 is 52.3 Å². The van der Waals surface area contributed by atoms with E-state index in [1.54, 1.807) is 19.9 Å². The quantitative estimate of drug-likeness (QED) is 0.128. The zero-order chi connectivity index (χ0) is 31.7. The number of benzene rings is 1. The van der Waals surface area contributed by atoms with E-state index in [4.69, 9.17) is 38.9 Å². The van der Waals surface area contributed by atoms with Gasteiger partial charge in [0, 0.05) is 0 Å². The lowest BCUT2D eigenvalue weighted by Crippen LogP contribution is -2.36. The standard InChI is InChI=1S/C30H47NO11/c1-8-9-21(6)39-30(35)40-22(7)18-38-27(32)24(31)16-23-10-11-25(41-28(33)36-14-12-19(2)3)26(17-23)42-29(34)37-15-13-20(4)5/h10-11,17,19-22,24H,8-9,12-16,18,31H2,1-7H3/t21?,22-,24-/m0/s1. The molecular weight excluding hydrogens is 550 g/mol. The van der Waals surface area contributed by atoms with Crippen LogP contribution in [-0.2, 0) is 34.9 Å². The Kier molecular flexibility index (Phi) is 17.0. The van der Waals surface area contributed by atoms with Gasteiger partial charge in [0.2, 0.25) is 0 Å². The molecule has 1 aromatic rings. The van der Waals surface area contributed by atoms with Crippen molar-refractivity contribution in [3.05, 3.63) is 23.8 Å². The number of rotatable bonds is 17. The van der Waals surface area contributed by atoms with Crippen molar-refractivity contribution in [2.75, 3.05) is 19.8 Å². The Labute approximate surface area is 248 Å². The van der Waals surface area contributed by atoms with Crippen molar-refractivity contribution in [2.24, 2.45) is 17.6 Å². The lowest BCUT2D eigenvalue weighted by atomic mass is 10.1. The average molecular weight is 598 g/mol. The van der Waals surface area contributed by atoms with Crippen molar-refractivity contribution in [3.63, 3.8) is 0 Å². The molecule has 0 radical (unpaired) electrons. The first-order valence-electron chi connectivity index (χ1n) is 14.4. The Morgan fingerprint density at radius 1 is 0.714 bits per heavy atom. The SMILES string of the molecule is CCCC(C)OC(=O)O[C@@H](C)COC(=O)[C@@H](N)Cc1ccc(OC(=O)OCCC(C)C)c(OC(=O)OCCC(C)C)c1. The molecular formula is C30H47NO11. The molecule has 0 aromatic heterocycles. The molecule has 238 valence electrons. The van der Waals surface area contributed by atoms with Crippen LogP contribution in [0, 0.1) is 11.8 Å². The minimum atomic E-state index is -1.09. The van der Waals surface area contributed by atoms with Gasteiger partial charge in [-0.25, -0.2) is 14.4 Å². The summed E-state index contributed by atoms with van der Waals surface area (Å²) in [4.78, 5) is 48.8. The van der Waals surface area contributed by atoms with Crippen molar-refractivity contribution in [1.82, 2.24) is 0 Å². The third-order valence-corrected chi connectivity index (χ3v) is 5.73. The third-order valence-electron chi connectivity index (χ3n) is 5.73. The maximum Gasteiger partial charge on any atom is 0.513 e. The van der Waals surface area contributed by atoms with E-state index in [-0.39, 0.29) is 43.8 Å². The first-order chi connectivity index (χ1) is 19.8. The largest absolute Gasteiger partial charge is 0.513 e. The summed E-state index contributed by atoms with van der Waals surface area (Å²) in [6, 6.07) is 3.27. The second-order valence-corrected chi connectivity index (χ2v) is 10.9. The van der Waals surface area contributed by atoms with Gasteiger partial charge in [-0.15, -0.1) is 0 Å². The zero-order valence-corrected chi connectivity index (χ0v) is 25.8. The molecule has 1 aromatic carbocycles. The van der Waals surface area contributed by atoms with Gasteiger partial charge in [-0.3, -0.25) is 4.79 Å². The van der Waals surface area contributed by atoms with Gasteiger partial charge in [0.05, 0.1) is 13.2 Å². The summed E-state index contributed by atoms with van der Waals surface area (Å²) >= 11 is 0. The number of nitrogens with two attached hydrogens (primary N) is 1. The Morgan fingerprint density at radius 3 is 1.81 bits per heavy atom. The molecule has 0 fully saturated rings. The van der Waals surface area contributed by atoms with Gasteiger partial charge in [0.15, 0.2) is 11.5 Å². The van der Waals surface area contributed by atoms with Crippen LogP contribution < -0.4 is 15.2 Å². The smallest absolute Gasteiger partial charge is 0.461 e. The molecule has 3 atom stereocenters. The summed E-state index contributed by atoms with van der Waals surface area (Å²) in [5.41, 5.74) is 6.52. The Bertz CT molecular complexity index is 995. The maximum atomic E-state index is 12.5. The third kappa shape index (κ3) is 16.0. The van der Waals surface area contributed by atoms with E-state index in [0.717, 1.165) is 6.42 Å². The lowest BCUT2D eigenvalue weighted by Gasteiger charge is -2.18. The van der Waals surface area contributed by atoms with E-state index in [1.165, 1.54) is 12.1 Å². The summed E-state index contributed by atoms with van der Waals surface area (Å²) in [6.07, 6.45) is -0.956. The number of hydrogen-bond acceptors (Lipinski definition) is 12. The molecule has 42 heavy (non-hydrogen) atoms. The average Bonchev–Trinajstić information content (AvgIpc) is 2.88. The molecule has 12 heteroatoms. The highest BCUT2D eigenvalue weighted by molar-refractivity contribution is 5.76. The van der Waals surface area contributed by atoms with Crippen molar-refractivity contribution in [3.8, 4) is 11.5 Å². The first-order valence-corrected chi connectivity index (χ1v) is 14.4. The number of esters is 1. The van der Waals surface area contributed by atoms with Crippen LogP contribution in [0.4, 0.5) is 14.4 Å². The van der Waals surface area contributed by atoms with Gasteiger partial charge in [-0.05, 0) is 69.1 Å². The van der Waals surface area contributed by atoms with E-state index >= 15 is 0 Å². The van der Waals surface area contributed by atoms with Gasteiger partial charge in [-0.2, -0.15) is 0 Å². The fraction of sp³-hybridized carbons (Fsp3) is 0.667. The molecule has 0 spiro atoms. The summed E-state index contributed by atoms with van der Waals surface area (Å²) in [7, 11) is 0. The molecule has 12 nitrogen and oxygen atoms in total. The van der Waals surface area contributed by atoms with Gasteiger partial charge in [-0.1, -0.05) is 47.1 Å².